The highest BCUT2D eigenvalue weighted by atomic mass is 16.4. The minimum Gasteiger partial charge on any atom is -0.444 e. The lowest BCUT2D eigenvalue weighted by Crippen LogP contribution is -2.12. The molecule has 1 amide bonds. The summed E-state index contributed by atoms with van der Waals surface area (Å²) in [6.07, 6.45) is 2.21. The van der Waals surface area contributed by atoms with E-state index in [2.05, 4.69) is 42.4 Å². The van der Waals surface area contributed by atoms with E-state index in [0.717, 1.165) is 11.1 Å². The number of rotatable bonds is 6. The molecule has 0 radical (unpaired) electrons. The first-order chi connectivity index (χ1) is 13.4. The molecule has 6 nitrogen and oxygen atoms in total. The molecule has 3 rings (SSSR count). The lowest BCUT2D eigenvalue weighted by Gasteiger charge is -2.05. The van der Waals surface area contributed by atoms with Gasteiger partial charge in [0.1, 0.15) is 17.4 Å². The Kier molecular flexibility index (Phi) is 5.65. The van der Waals surface area contributed by atoms with Crippen LogP contribution < -0.4 is 5.32 Å². The van der Waals surface area contributed by atoms with Crippen LogP contribution in [0.1, 0.15) is 54.5 Å². The molecule has 0 aliphatic heterocycles. The molecule has 6 heteroatoms. The van der Waals surface area contributed by atoms with Gasteiger partial charge >= 0.3 is 0 Å². The Morgan fingerprint density at radius 2 is 1.93 bits per heavy atom. The summed E-state index contributed by atoms with van der Waals surface area (Å²) in [6, 6.07) is 10.2. The molecule has 0 aliphatic rings. The average Bonchev–Trinajstić information content (AvgIpc) is 3.25. The number of hydrogen-bond acceptors (Lipinski definition) is 5. The van der Waals surface area contributed by atoms with E-state index in [4.69, 9.17) is 8.83 Å². The van der Waals surface area contributed by atoms with Gasteiger partial charge in [-0.15, -0.1) is 0 Å². The van der Waals surface area contributed by atoms with Crippen LogP contribution in [0.15, 0.2) is 39.3 Å². The third-order valence-corrected chi connectivity index (χ3v) is 4.73. The maximum absolute atomic E-state index is 12.2. The molecule has 144 valence electrons. The Balaban J connectivity index is 1.61. The standard InChI is InChI=1S/C22H23N3O3/c1-13(2)16-5-7-17(8-6-16)19-12-24-21(28-19)10-9-20(26)25-22-18(11-23)14(3)15(4)27-22/h5-8,12-13H,9-10H2,1-4H3,(H,25,26). The van der Waals surface area contributed by atoms with Crippen LogP contribution in [-0.2, 0) is 11.2 Å². The van der Waals surface area contributed by atoms with Gasteiger partial charge in [-0.1, -0.05) is 38.1 Å². The van der Waals surface area contributed by atoms with Gasteiger partial charge < -0.3 is 8.83 Å². The van der Waals surface area contributed by atoms with E-state index in [0.29, 0.717) is 35.3 Å². The first kappa shape index (κ1) is 19.4. The van der Waals surface area contributed by atoms with E-state index in [1.54, 1.807) is 20.0 Å². The van der Waals surface area contributed by atoms with Gasteiger partial charge in [0, 0.05) is 24.0 Å². The average molecular weight is 377 g/mol. The minimum absolute atomic E-state index is 0.176. The Labute approximate surface area is 164 Å². The Morgan fingerprint density at radius 1 is 1.21 bits per heavy atom. The summed E-state index contributed by atoms with van der Waals surface area (Å²) in [7, 11) is 0. The number of nitrogens with one attached hydrogen (secondary N) is 1. The van der Waals surface area contributed by atoms with Gasteiger partial charge in [-0.05, 0) is 25.3 Å². The summed E-state index contributed by atoms with van der Waals surface area (Å²) in [6.45, 7) is 7.85. The summed E-state index contributed by atoms with van der Waals surface area (Å²) in [5.41, 5.74) is 3.31. The van der Waals surface area contributed by atoms with Crippen molar-refractivity contribution in [3.63, 3.8) is 0 Å². The second-order valence-electron chi connectivity index (χ2n) is 7.04. The number of nitrogens with zero attached hydrogens (tertiary/aromatic N) is 2. The molecule has 0 saturated heterocycles. The predicted molar refractivity (Wildman–Crippen MR) is 106 cm³/mol. The number of benzene rings is 1. The van der Waals surface area contributed by atoms with Crippen molar-refractivity contribution in [1.29, 1.82) is 5.26 Å². The number of nitriles is 1. The van der Waals surface area contributed by atoms with Crippen molar-refractivity contribution in [3.05, 3.63) is 58.8 Å². The number of anilines is 1. The maximum atomic E-state index is 12.2. The number of carbonyl (C=O) groups excluding carboxylic acids is 1. The van der Waals surface area contributed by atoms with Crippen LogP contribution in [0.4, 0.5) is 5.88 Å². The van der Waals surface area contributed by atoms with Crippen molar-refractivity contribution < 1.29 is 13.6 Å². The van der Waals surface area contributed by atoms with Crippen LogP contribution in [0.25, 0.3) is 11.3 Å². The summed E-state index contributed by atoms with van der Waals surface area (Å²) in [5.74, 6) is 2.20. The molecule has 0 aliphatic carbocycles. The second kappa shape index (κ2) is 8.13. The van der Waals surface area contributed by atoms with Crippen molar-refractivity contribution in [2.24, 2.45) is 0 Å². The van der Waals surface area contributed by atoms with E-state index < -0.39 is 0 Å². The smallest absolute Gasteiger partial charge is 0.227 e. The van der Waals surface area contributed by atoms with E-state index >= 15 is 0 Å². The maximum Gasteiger partial charge on any atom is 0.227 e. The van der Waals surface area contributed by atoms with Crippen molar-refractivity contribution in [1.82, 2.24) is 4.98 Å². The Morgan fingerprint density at radius 3 is 2.57 bits per heavy atom. The molecular formula is C22H23N3O3. The molecule has 0 atom stereocenters. The van der Waals surface area contributed by atoms with Crippen LogP contribution in [0.2, 0.25) is 0 Å². The largest absolute Gasteiger partial charge is 0.444 e. The zero-order chi connectivity index (χ0) is 20.3. The molecule has 2 aromatic heterocycles. The van der Waals surface area contributed by atoms with Gasteiger partial charge in [-0.25, -0.2) is 4.98 Å². The fourth-order valence-corrected chi connectivity index (χ4v) is 2.85. The van der Waals surface area contributed by atoms with Gasteiger partial charge in [-0.2, -0.15) is 5.26 Å². The minimum atomic E-state index is -0.258. The fraction of sp³-hybridized carbons (Fsp3) is 0.318. The Bertz CT molecular complexity index is 1020. The van der Waals surface area contributed by atoms with Gasteiger partial charge in [0.15, 0.2) is 11.7 Å². The molecule has 28 heavy (non-hydrogen) atoms. The number of hydrogen-bond donors (Lipinski definition) is 1. The summed E-state index contributed by atoms with van der Waals surface area (Å²) >= 11 is 0. The molecular weight excluding hydrogens is 354 g/mol. The number of furan rings is 1. The highest BCUT2D eigenvalue weighted by Crippen LogP contribution is 2.26. The van der Waals surface area contributed by atoms with E-state index in [-0.39, 0.29) is 18.2 Å². The number of aromatic nitrogens is 1. The highest BCUT2D eigenvalue weighted by Gasteiger charge is 2.17. The van der Waals surface area contributed by atoms with Crippen LogP contribution in [0.5, 0.6) is 0 Å². The van der Waals surface area contributed by atoms with Gasteiger partial charge in [0.2, 0.25) is 11.8 Å². The van der Waals surface area contributed by atoms with Crippen molar-refractivity contribution in [2.75, 3.05) is 5.32 Å². The first-order valence-corrected chi connectivity index (χ1v) is 9.24. The topological polar surface area (TPSA) is 92.1 Å². The van der Waals surface area contributed by atoms with E-state index in [1.807, 2.05) is 12.1 Å². The molecule has 1 N–H and O–H groups in total. The summed E-state index contributed by atoms with van der Waals surface area (Å²) in [4.78, 5) is 16.5. The van der Waals surface area contributed by atoms with Crippen LogP contribution in [-0.4, -0.2) is 10.9 Å². The highest BCUT2D eigenvalue weighted by molar-refractivity contribution is 5.91. The lowest BCUT2D eigenvalue weighted by atomic mass is 10.0. The molecule has 0 spiro atoms. The molecule has 0 fully saturated rings. The van der Waals surface area contributed by atoms with Crippen molar-refractivity contribution in [2.45, 2.75) is 46.5 Å². The quantitative estimate of drug-likeness (QED) is 0.644. The van der Waals surface area contributed by atoms with E-state index in [1.165, 1.54) is 5.56 Å². The molecule has 0 bridgehead atoms. The van der Waals surface area contributed by atoms with Gasteiger partial charge in [-0.3, -0.25) is 10.1 Å². The van der Waals surface area contributed by atoms with Crippen LogP contribution in [0.3, 0.4) is 0 Å². The molecule has 0 saturated carbocycles. The summed E-state index contributed by atoms with van der Waals surface area (Å²) in [5, 5.41) is 11.9. The normalized spacial score (nSPS) is 10.9. The zero-order valence-corrected chi connectivity index (χ0v) is 16.5. The SMILES string of the molecule is Cc1oc(NC(=O)CCc2ncc(-c3ccc(C(C)C)cc3)o2)c(C#N)c1C. The van der Waals surface area contributed by atoms with Crippen LogP contribution >= 0.6 is 0 Å². The molecule has 0 unspecified atom stereocenters. The number of oxazole rings is 1. The van der Waals surface area contributed by atoms with Gasteiger partial charge in [0.25, 0.3) is 0 Å². The van der Waals surface area contributed by atoms with Gasteiger partial charge in [0.05, 0.1) is 6.20 Å². The van der Waals surface area contributed by atoms with Crippen LogP contribution in [0, 0.1) is 25.2 Å². The number of amides is 1. The van der Waals surface area contributed by atoms with Crippen molar-refractivity contribution in [3.8, 4) is 17.4 Å². The van der Waals surface area contributed by atoms with Crippen molar-refractivity contribution >= 4 is 11.8 Å². The Hall–Kier alpha value is -3.33. The summed E-state index contributed by atoms with van der Waals surface area (Å²) < 4.78 is 11.2. The second-order valence-corrected chi connectivity index (χ2v) is 7.04. The third kappa shape index (κ3) is 4.15. The predicted octanol–water partition coefficient (Wildman–Crippen LogP) is 5.12. The lowest BCUT2D eigenvalue weighted by molar-refractivity contribution is -0.116. The van der Waals surface area contributed by atoms with E-state index in [9.17, 15) is 10.1 Å². The first-order valence-electron chi connectivity index (χ1n) is 9.24. The molecule has 3 aromatic rings. The number of aryl methyl sites for hydroxylation is 2. The third-order valence-electron chi connectivity index (χ3n) is 4.73. The molecule has 2 heterocycles. The monoisotopic (exact) mass is 377 g/mol. The molecule has 1 aromatic carbocycles. The fourth-order valence-electron chi connectivity index (χ4n) is 2.85. The zero-order valence-electron chi connectivity index (χ0n) is 16.5. The number of carbonyl (C=O) groups is 1.